The normalized spacial score (nSPS) is 12.9. The highest BCUT2D eigenvalue weighted by Gasteiger charge is 2.11. The molecule has 0 atom stereocenters. The van der Waals surface area contributed by atoms with Crippen LogP contribution in [0.15, 0.2) is 30.3 Å². The lowest BCUT2D eigenvalue weighted by molar-refractivity contribution is -0.473. The van der Waals surface area contributed by atoms with E-state index in [0.29, 0.717) is 6.54 Å². The predicted octanol–water partition coefficient (Wildman–Crippen LogP) is 2.81. The van der Waals surface area contributed by atoms with Crippen molar-refractivity contribution in [1.29, 1.82) is 0 Å². The summed E-state index contributed by atoms with van der Waals surface area (Å²) in [7, 11) is 0. The van der Waals surface area contributed by atoms with Gasteiger partial charge in [0.1, 0.15) is 0 Å². The summed E-state index contributed by atoms with van der Waals surface area (Å²) in [6, 6.07) is 9.76. The lowest BCUT2D eigenvalue weighted by Gasteiger charge is -2.12. The van der Waals surface area contributed by atoms with Crippen LogP contribution in [0.4, 0.5) is 0 Å². The zero-order valence-corrected chi connectivity index (χ0v) is 9.03. The molecular formula is C12H17NO. The van der Waals surface area contributed by atoms with E-state index in [2.05, 4.69) is 0 Å². The number of nitrogens with zero attached hydrogens (tertiary/aromatic N) is 1. The fourth-order valence-electron chi connectivity index (χ4n) is 1.24. The average Bonchev–Trinajstić information content (AvgIpc) is 2.02. The molecule has 0 saturated heterocycles. The molecule has 1 aromatic rings. The molecule has 0 aromatic heterocycles. The Kier molecular flexibility index (Phi) is 3.28. The van der Waals surface area contributed by atoms with E-state index < -0.39 is 0 Å². The molecule has 0 N–H and O–H groups in total. The zero-order valence-electron chi connectivity index (χ0n) is 9.03. The molecule has 2 nitrogen and oxygen atoms in total. The van der Waals surface area contributed by atoms with E-state index in [9.17, 15) is 5.21 Å². The van der Waals surface area contributed by atoms with Crippen LogP contribution in [0.3, 0.4) is 0 Å². The van der Waals surface area contributed by atoms with Gasteiger partial charge in [-0.25, -0.2) is 4.74 Å². The summed E-state index contributed by atoms with van der Waals surface area (Å²) in [4.78, 5) is 0. The second-order valence-electron chi connectivity index (χ2n) is 4.56. The molecule has 0 amide bonds. The third-order valence-electron chi connectivity index (χ3n) is 1.71. The van der Waals surface area contributed by atoms with Crippen LogP contribution in [0.1, 0.15) is 26.3 Å². The quantitative estimate of drug-likeness (QED) is 0.305. The van der Waals surface area contributed by atoms with Crippen LogP contribution in [0, 0.1) is 10.6 Å². The molecule has 0 aliphatic carbocycles. The van der Waals surface area contributed by atoms with Gasteiger partial charge in [0.25, 0.3) is 0 Å². The minimum Gasteiger partial charge on any atom is -0.624 e. The summed E-state index contributed by atoms with van der Waals surface area (Å²) >= 11 is 0. The van der Waals surface area contributed by atoms with E-state index in [1.165, 1.54) is 0 Å². The summed E-state index contributed by atoms with van der Waals surface area (Å²) in [5, 5.41) is 11.5. The number of hydrogen-bond donors (Lipinski definition) is 0. The number of hydroxylamine groups is 1. The van der Waals surface area contributed by atoms with E-state index in [0.717, 1.165) is 10.3 Å². The highest BCUT2D eigenvalue weighted by Crippen LogP contribution is 2.09. The molecule has 76 valence electrons. The van der Waals surface area contributed by atoms with E-state index >= 15 is 0 Å². The predicted molar refractivity (Wildman–Crippen MR) is 59.3 cm³/mol. The maximum Gasteiger partial charge on any atom is 0.178 e. The lowest BCUT2D eigenvalue weighted by Crippen LogP contribution is -2.16. The maximum absolute atomic E-state index is 11.5. The van der Waals surface area contributed by atoms with Crippen molar-refractivity contribution < 1.29 is 4.74 Å². The van der Waals surface area contributed by atoms with Crippen molar-refractivity contribution >= 4 is 6.21 Å². The van der Waals surface area contributed by atoms with Gasteiger partial charge in [0.05, 0.1) is 0 Å². The number of rotatable bonds is 2. The molecular weight excluding hydrogens is 174 g/mol. The van der Waals surface area contributed by atoms with Crippen LogP contribution in [-0.2, 0) is 6.54 Å². The smallest absolute Gasteiger partial charge is 0.178 e. The van der Waals surface area contributed by atoms with Crippen molar-refractivity contribution in [3.05, 3.63) is 41.1 Å². The first-order valence-corrected chi connectivity index (χ1v) is 4.81. The minimum atomic E-state index is -0.0590. The van der Waals surface area contributed by atoms with Crippen LogP contribution < -0.4 is 0 Å². The van der Waals surface area contributed by atoms with E-state index in [1.54, 1.807) is 6.21 Å². The maximum atomic E-state index is 11.5. The molecule has 0 saturated carbocycles. The third kappa shape index (κ3) is 4.08. The van der Waals surface area contributed by atoms with E-state index in [1.807, 2.05) is 51.1 Å². The summed E-state index contributed by atoms with van der Waals surface area (Å²) in [5.74, 6) is 0. The van der Waals surface area contributed by atoms with Crippen molar-refractivity contribution in [2.24, 2.45) is 5.41 Å². The summed E-state index contributed by atoms with van der Waals surface area (Å²) in [6.45, 7) is 6.48. The topological polar surface area (TPSA) is 26.1 Å². The van der Waals surface area contributed by atoms with Gasteiger partial charge in [-0.1, -0.05) is 51.1 Å². The van der Waals surface area contributed by atoms with Gasteiger partial charge >= 0.3 is 0 Å². The molecule has 1 aromatic carbocycles. The van der Waals surface area contributed by atoms with Crippen LogP contribution in [0.25, 0.3) is 0 Å². The Hall–Kier alpha value is -1.31. The van der Waals surface area contributed by atoms with Crippen LogP contribution in [0.2, 0.25) is 0 Å². The van der Waals surface area contributed by atoms with Crippen molar-refractivity contribution in [1.82, 2.24) is 0 Å². The van der Waals surface area contributed by atoms with Crippen LogP contribution in [0.5, 0.6) is 0 Å². The highest BCUT2D eigenvalue weighted by atomic mass is 16.5. The van der Waals surface area contributed by atoms with Crippen LogP contribution >= 0.6 is 0 Å². The Bertz CT molecular complexity index is 309. The first kappa shape index (κ1) is 10.8. The third-order valence-corrected chi connectivity index (χ3v) is 1.71. The molecule has 0 heterocycles. The summed E-state index contributed by atoms with van der Waals surface area (Å²) in [5.41, 5.74) is 0.985. The Balaban J connectivity index is 2.67. The van der Waals surface area contributed by atoms with Crippen molar-refractivity contribution in [3.8, 4) is 0 Å². The second kappa shape index (κ2) is 4.27. The molecule has 0 aliphatic rings. The Morgan fingerprint density at radius 3 is 2.29 bits per heavy atom. The van der Waals surface area contributed by atoms with Gasteiger partial charge in [-0.2, -0.15) is 0 Å². The van der Waals surface area contributed by atoms with Gasteiger partial charge < -0.3 is 5.21 Å². The monoisotopic (exact) mass is 191 g/mol. The fourth-order valence-corrected chi connectivity index (χ4v) is 1.24. The highest BCUT2D eigenvalue weighted by molar-refractivity contribution is 5.58. The van der Waals surface area contributed by atoms with Crippen molar-refractivity contribution in [3.63, 3.8) is 0 Å². The Labute approximate surface area is 85.5 Å². The van der Waals surface area contributed by atoms with Crippen LogP contribution in [-0.4, -0.2) is 11.0 Å². The number of benzene rings is 1. The fraction of sp³-hybridized carbons (Fsp3) is 0.417. The summed E-state index contributed by atoms with van der Waals surface area (Å²) < 4.78 is 0.995. The van der Waals surface area contributed by atoms with Gasteiger partial charge in [-0.15, -0.1) is 0 Å². The molecule has 0 bridgehead atoms. The number of hydrogen-bond acceptors (Lipinski definition) is 1. The molecule has 0 spiro atoms. The molecule has 0 unspecified atom stereocenters. The SMILES string of the molecule is CC(C)(C)/C=[N+](\[O-])Cc1ccccc1. The molecule has 2 heteroatoms. The van der Waals surface area contributed by atoms with Gasteiger partial charge in [0.15, 0.2) is 12.8 Å². The minimum absolute atomic E-state index is 0.0590. The van der Waals surface area contributed by atoms with E-state index in [-0.39, 0.29) is 5.41 Å². The molecule has 0 fully saturated rings. The van der Waals surface area contributed by atoms with Crippen molar-refractivity contribution in [2.45, 2.75) is 27.3 Å². The molecule has 0 aliphatic heterocycles. The zero-order chi connectivity index (χ0) is 10.6. The summed E-state index contributed by atoms with van der Waals surface area (Å²) in [6.07, 6.45) is 1.71. The van der Waals surface area contributed by atoms with Gasteiger partial charge in [-0.05, 0) is 0 Å². The average molecular weight is 191 g/mol. The first-order valence-electron chi connectivity index (χ1n) is 4.81. The van der Waals surface area contributed by atoms with Gasteiger partial charge in [0, 0.05) is 11.0 Å². The van der Waals surface area contributed by atoms with Gasteiger partial charge in [-0.3, -0.25) is 0 Å². The van der Waals surface area contributed by atoms with E-state index in [4.69, 9.17) is 0 Å². The standard InChI is InChI=1S/C12H17NO/c1-12(2,3)10-13(14)9-11-7-5-4-6-8-11/h4-8,10H,9H2,1-3H3/b13-10-. The Morgan fingerprint density at radius 2 is 1.79 bits per heavy atom. The first-order chi connectivity index (χ1) is 6.47. The van der Waals surface area contributed by atoms with Gasteiger partial charge in [0.2, 0.25) is 0 Å². The molecule has 14 heavy (non-hydrogen) atoms. The lowest BCUT2D eigenvalue weighted by atomic mass is 9.99. The molecule has 0 radical (unpaired) electrons. The van der Waals surface area contributed by atoms with Crippen molar-refractivity contribution in [2.75, 3.05) is 0 Å². The Morgan fingerprint density at radius 1 is 1.21 bits per heavy atom. The second-order valence-corrected chi connectivity index (χ2v) is 4.56. The molecule has 1 rings (SSSR count). The largest absolute Gasteiger partial charge is 0.624 e.